The maximum Gasteiger partial charge on any atom is 0.264 e. The molecule has 0 radical (unpaired) electrons. The number of pyridine rings is 1. The number of hydrogen-bond acceptors (Lipinski definition) is 6. The van der Waals surface area contributed by atoms with Gasteiger partial charge >= 0.3 is 0 Å². The van der Waals surface area contributed by atoms with E-state index in [2.05, 4.69) is 25.2 Å². The molecule has 0 bridgehead atoms. The first-order chi connectivity index (χ1) is 12.7. The van der Waals surface area contributed by atoms with Gasteiger partial charge in [-0.2, -0.15) is 0 Å². The van der Waals surface area contributed by atoms with Gasteiger partial charge < -0.3 is 19.9 Å². The Morgan fingerprint density at radius 2 is 2.31 bits per heavy atom. The van der Waals surface area contributed by atoms with Crippen molar-refractivity contribution in [1.82, 2.24) is 25.2 Å². The summed E-state index contributed by atoms with van der Waals surface area (Å²) >= 11 is 1.75. The highest BCUT2D eigenvalue weighted by atomic mass is 32.2. The molecule has 0 unspecified atom stereocenters. The number of amides is 1. The van der Waals surface area contributed by atoms with E-state index in [0.717, 1.165) is 41.9 Å². The van der Waals surface area contributed by atoms with Crippen LogP contribution < -0.4 is 15.4 Å². The van der Waals surface area contributed by atoms with Crippen molar-refractivity contribution in [2.45, 2.75) is 43.6 Å². The number of ether oxygens (including phenoxy) is 1. The van der Waals surface area contributed by atoms with E-state index in [4.69, 9.17) is 4.74 Å². The molecule has 2 aromatic rings. The number of nitrogens with one attached hydrogen (secondary N) is 2. The van der Waals surface area contributed by atoms with Crippen LogP contribution in [0.3, 0.4) is 0 Å². The lowest BCUT2D eigenvalue weighted by atomic mass is 9.90. The van der Waals surface area contributed by atoms with Gasteiger partial charge in [-0.3, -0.25) is 9.78 Å². The minimum Gasteiger partial charge on any atom is -0.475 e. The Hall–Kier alpha value is -2.06. The highest BCUT2D eigenvalue weighted by Crippen LogP contribution is 2.29. The number of carbonyl (C=O) groups is 1. The third-order valence-corrected chi connectivity index (χ3v) is 5.84. The van der Waals surface area contributed by atoms with Gasteiger partial charge in [0.2, 0.25) is 0 Å². The molecule has 0 atom stereocenters. The fourth-order valence-corrected chi connectivity index (χ4v) is 4.33. The lowest BCUT2D eigenvalue weighted by Crippen LogP contribution is -2.56. The van der Waals surface area contributed by atoms with E-state index in [1.165, 1.54) is 0 Å². The smallest absolute Gasteiger partial charge is 0.264 e. The molecule has 7 nitrogen and oxygen atoms in total. The van der Waals surface area contributed by atoms with Crippen molar-refractivity contribution in [2.24, 2.45) is 0 Å². The second-order valence-electron chi connectivity index (χ2n) is 6.67. The maximum atomic E-state index is 13.1. The van der Waals surface area contributed by atoms with Crippen LogP contribution in [0.25, 0.3) is 0 Å². The Labute approximate surface area is 156 Å². The summed E-state index contributed by atoms with van der Waals surface area (Å²) in [4.78, 5) is 21.9. The largest absolute Gasteiger partial charge is 0.475 e. The highest BCUT2D eigenvalue weighted by Gasteiger charge is 2.42. The number of thioether (sulfide) groups is 1. The Morgan fingerprint density at radius 3 is 3.08 bits per heavy atom. The molecule has 4 rings (SSSR count). The average molecular weight is 373 g/mol. The van der Waals surface area contributed by atoms with Gasteiger partial charge in [0.15, 0.2) is 10.8 Å². The number of aryl methyl sites for hydroxylation is 2. The number of carbonyl (C=O) groups excluding carboxylic acids is 1. The van der Waals surface area contributed by atoms with E-state index in [9.17, 15) is 4.79 Å². The number of hydrogen-bond donors (Lipinski definition) is 2. The van der Waals surface area contributed by atoms with E-state index in [0.29, 0.717) is 25.1 Å². The van der Waals surface area contributed by atoms with Gasteiger partial charge in [-0.05, 0) is 32.1 Å². The van der Waals surface area contributed by atoms with Crippen molar-refractivity contribution in [1.29, 1.82) is 0 Å². The third kappa shape index (κ3) is 3.43. The van der Waals surface area contributed by atoms with Gasteiger partial charge in [0.1, 0.15) is 5.75 Å². The molecular formula is C18H23N5O2S. The molecule has 1 amide bonds. The van der Waals surface area contributed by atoms with Gasteiger partial charge in [0.05, 0.1) is 17.9 Å². The second kappa shape index (κ2) is 7.28. The zero-order valence-corrected chi connectivity index (χ0v) is 15.6. The molecule has 4 heterocycles. The Kier molecular flexibility index (Phi) is 4.86. The summed E-state index contributed by atoms with van der Waals surface area (Å²) in [5.74, 6) is 1.66. The average Bonchev–Trinajstić information content (AvgIpc) is 3.24. The van der Waals surface area contributed by atoms with Crippen LogP contribution in [0.1, 0.15) is 24.2 Å². The van der Waals surface area contributed by atoms with Crippen molar-refractivity contribution in [3.63, 3.8) is 0 Å². The van der Waals surface area contributed by atoms with E-state index >= 15 is 0 Å². The van der Waals surface area contributed by atoms with Crippen molar-refractivity contribution >= 4 is 17.7 Å². The quantitative estimate of drug-likeness (QED) is 0.827. The summed E-state index contributed by atoms with van der Waals surface area (Å²) in [6.45, 7) is 4.81. The molecule has 1 saturated heterocycles. The van der Waals surface area contributed by atoms with Crippen LogP contribution in [0.15, 0.2) is 29.7 Å². The molecule has 26 heavy (non-hydrogen) atoms. The summed E-state index contributed by atoms with van der Waals surface area (Å²) < 4.78 is 8.38. The topological polar surface area (TPSA) is 81.1 Å². The van der Waals surface area contributed by atoms with Crippen LogP contribution in [-0.4, -0.2) is 44.9 Å². The molecule has 0 aromatic carbocycles. The van der Waals surface area contributed by atoms with Crippen LogP contribution in [0, 0.1) is 6.92 Å². The Bertz CT molecular complexity index is 779. The fraction of sp³-hybridized carbons (Fsp3) is 0.500. The standard InChI is InChI=1S/C18H23N5O2S/c1-13-15(3-2-6-20-13)25-18(4-7-19-8-5-18)16(24)21-11-14-12-23-9-10-26-17(23)22-14/h2-3,6,12,19H,4-5,7-11H2,1H3,(H,21,24). The molecule has 1 fully saturated rings. The minimum absolute atomic E-state index is 0.0805. The van der Waals surface area contributed by atoms with E-state index < -0.39 is 5.60 Å². The predicted octanol–water partition coefficient (Wildman–Crippen LogP) is 1.51. The Balaban J connectivity index is 1.48. The molecule has 0 aliphatic carbocycles. The van der Waals surface area contributed by atoms with E-state index in [1.807, 2.05) is 25.3 Å². The monoisotopic (exact) mass is 373 g/mol. The van der Waals surface area contributed by atoms with Crippen LogP contribution in [0.5, 0.6) is 5.75 Å². The molecule has 2 N–H and O–H groups in total. The molecule has 0 spiro atoms. The van der Waals surface area contributed by atoms with Gasteiger partial charge in [0, 0.05) is 37.5 Å². The van der Waals surface area contributed by atoms with Crippen molar-refractivity contribution in [3.8, 4) is 5.75 Å². The van der Waals surface area contributed by atoms with Gasteiger partial charge in [-0.15, -0.1) is 0 Å². The fourth-order valence-electron chi connectivity index (χ4n) is 3.37. The number of nitrogens with zero attached hydrogens (tertiary/aromatic N) is 3. The number of rotatable bonds is 5. The molecular weight excluding hydrogens is 350 g/mol. The third-order valence-electron chi connectivity index (χ3n) is 4.87. The lowest BCUT2D eigenvalue weighted by molar-refractivity contribution is -0.139. The first kappa shape index (κ1) is 17.4. The summed E-state index contributed by atoms with van der Waals surface area (Å²) in [5.41, 5.74) is 0.818. The molecule has 2 aliphatic heterocycles. The number of piperidine rings is 1. The molecule has 2 aliphatic rings. The molecule has 8 heteroatoms. The van der Waals surface area contributed by atoms with Crippen LogP contribution in [0.2, 0.25) is 0 Å². The molecule has 2 aromatic heterocycles. The predicted molar refractivity (Wildman–Crippen MR) is 99.2 cm³/mol. The first-order valence-corrected chi connectivity index (χ1v) is 9.93. The number of imidazole rings is 1. The number of fused-ring (bicyclic) bond motifs is 1. The summed E-state index contributed by atoms with van der Waals surface area (Å²) in [5, 5.41) is 7.38. The van der Waals surface area contributed by atoms with Gasteiger partial charge in [0.25, 0.3) is 5.91 Å². The summed E-state index contributed by atoms with van der Waals surface area (Å²) in [7, 11) is 0. The zero-order valence-electron chi connectivity index (χ0n) is 14.8. The normalized spacial score (nSPS) is 18.3. The number of aromatic nitrogens is 3. The molecule has 138 valence electrons. The van der Waals surface area contributed by atoms with Crippen LogP contribution in [0.4, 0.5) is 0 Å². The van der Waals surface area contributed by atoms with Crippen molar-refractivity contribution < 1.29 is 9.53 Å². The zero-order chi connectivity index (χ0) is 18.0. The lowest BCUT2D eigenvalue weighted by Gasteiger charge is -2.36. The first-order valence-electron chi connectivity index (χ1n) is 8.95. The van der Waals surface area contributed by atoms with Gasteiger partial charge in [-0.1, -0.05) is 11.8 Å². The second-order valence-corrected chi connectivity index (χ2v) is 7.73. The minimum atomic E-state index is -0.865. The highest BCUT2D eigenvalue weighted by molar-refractivity contribution is 7.99. The van der Waals surface area contributed by atoms with Crippen LogP contribution in [-0.2, 0) is 17.9 Å². The van der Waals surface area contributed by atoms with Crippen molar-refractivity contribution in [3.05, 3.63) is 35.9 Å². The summed E-state index contributed by atoms with van der Waals surface area (Å²) in [6, 6.07) is 3.70. The maximum absolute atomic E-state index is 13.1. The Morgan fingerprint density at radius 1 is 1.46 bits per heavy atom. The summed E-state index contributed by atoms with van der Waals surface area (Å²) in [6.07, 6.45) is 5.01. The SMILES string of the molecule is Cc1ncccc1OC1(C(=O)NCc2cn3c(n2)SCC3)CCNCC1. The van der Waals surface area contributed by atoms with E-state index in [-0.39, 0.29) is 5.91 Å². The van der Waals surface area contributed by atoms with Crippen LogP contribution >= 0.6 is 11.8 Å². The van der Waals surface area contributed by atoms with Gasteiger partial charge in [-0.25, -0.2) is 4.98 Å². The molecule has 0 saturated carbocycles. The van der Waals surface area contributed by atoms with E-state index in [1.54, 1.807) is 18.0 Å². The van der Waals surface area contributed by atoms with Crippen molar-refractivity contribution in [2.75, 3.05) is 18.8 Å².